The van der Waals surface area contributed by atoms with Crippen LogP contribution < -0.4 is 0 Å². The molecule has 0 spiro atoms. The van der Waals surface area contributed by atoms with Crippen molar-refractivity contribution >= 4 is 70.4 Å². The van der Waals surface area contributed by atoms with E-state index in [1.165, 1.54) is 11.3 Å². The molecule has 0 saturated carbocycles. The molecular formula is C13H9Br2ClO3S2. The number of carbonyl (C=O) groups excluding carboxylic acids is 1. The summed E-state index contributed by atoms with van der Waals surface area (Å²) in [5.41, 5.74) is 0.868. The van der Waals surface area contributed by atoms with Crippen LogP contribution in [0.25, 0.3) is 0 Å². The van der Waals surface area contributed by atoms with Gasteiger partial charge in [0.2, 0.25) is 0 Å². The lowest BCUT2D eigenvalue weighted by molar-refractivity contribution is 0.102. The van der Waals surface area contributed by atoms with Crippen molar-refractivity contribution in [2.75, 3.05) is 5.75 Å². The number of carbonyl (C=O) groups is 1. The topological polar surface area (TPSA) is 51.2 Å². The van der Waals surface area contributed by atoms with Crippen LogP contribution in [-0.2, 0) is 15.6 Å². The second-order valence-electron chi connectivity index (χ2n) is 4.28. The second-order valence-corrected chi connectivity index (χ2v) is 10.5. The summed E-state index contributed by atoms with van der Waals surface area (Å²) in [6, 6.07) is 8.32. The molecule has 1 aromatic heterocycles. The third kappa shape index (κ3) is 4.63. The molecule has 2 rings (SSSR count). The molecule has 21 heavy (non-hydrogen) atoms. The van der Waals surface area contributed by atoms with E-state index in [1.54, 1.807) is 30.3 Å². The highest BCUT2D eigenvalue weighted by molar-refractivity contribution is 9.12. The van der Waals surface area contributed by atoms with Crippen molar-refractivity contribution in [3.05, 3.63) is 54.1 Å². The minimum atomic E-state index is -3.58. The van der Waals surface area contributed by atoms with Crippen LogP contribution in [0.5, 0.6) is 0 Å². The van der Waals surface area contributed by atoms with Gasteiger partial charge in [0.25, 0.3) is 0 Å². The number of thiophene rings is 1. The molecule has 0 fully saturated rings. The highest BCUT2D eigenvalue weighted by Crippen LogP contribution is 2.32. The number of Topliss-reactive ketones (excluding diaryl/α,β-unsaturated/α-hetero) is 1. The molecule has 0 aliphatic carbocycles. The third-order valence-electron chi connectivity index (χ3n) is 2.64. The van der Waals surface area contributed by atoms with Crippen molar-refractivity contribution in [1.29, 1.82) is 0 Å². The maximum atomic E-state index is 12.2. The van der Waals surface area contributed by atoms with Crippen molar-refractivity contribution in [2.24, 2.45) is 0 Å². The molecular weight excluding hydrogens is 464 g/mol. The summed E-state index contributed by atoms with van der Waals surface area (Å²) < 4.78 is 25.7. The monoisotopic (exact) mass is 470 g/mol. The van der Waals surface area contributed by atoms with Gasteiger partial charge in [-0.25, -0.2) is 8.42 Å². The molecule has 0 atom stereocenters. The van der Waals surface area contributed by atoms with Crippen molar-refractivity contribution in [3.63, 3.8) is 0 Å². The number of ketones is 1. The zero-order valence-electron chi connectivity index (χ0n) is 10.5. The largest absolute Gasteiger partial charge is 0.293 e. The Hall–Kier alpha value is -0.210. The van der Waals surface area contributed by atoms with E-state index in [0.717, 1.165) is 3.79 Å². The summed E-state index contributed by atoms with van der Waals surface area (Å²) in [4.78, 5) is 12.1. The van der Waals surface area contributed by atoms with E-state index >= 15 is 0 Å². The zero-order chi connectivity index (χ0) is 15.6. The van der Waals surface area contributed by atoms with Crippen LogP contribution in [0, 0.1) is 0 Å². The van der Waals surface area contributed by atoms with Gasteiger partial charge in [-0.1, -0.05) is 29.8 Å². The first-order valence-corrected chi connectivity index (χ1v) is 10.3. The smallest absolute Gasteiger partial charge is 0.179 e. The Morgan fingerprint density at radius 3 is 2.48 bits per heavy atom. The van der Waals surface area contributed by atoms with Gasteiger partial charge in [-0.3, -0.25) is 4.79 Å². The average Bonchev–Trinajstić information content (AvgIpc) is 2.70. The maximum absolute atomic E-state index is 12.2. The number of benzene rings is 1. The summed E-state index contributed by atoms with van der Waals surface area (Å²) in [5, 5.41) is 0.382. The van der Waals surface area contributed by atoms with E-state index in [0.29, 0.717) is 19.9 Å². The van der Waals surface area contributed by atoms with E-state index in [1.807, 2.05) is 0 Å². The van der Waals surface area contributed by atoms with E-state index in [2.05, 4.69) is 31.9 Å². The van der Waals surface area contributed by atoms with Crippen LogP contribution in [-0.4, -0.2) is 20.0 Å². The lowest BCUT2D eigenvalue weighted by atomic mass is 10.2. The molecule has 0 N–H and O–H groups in total. The molecule has 1 heterocycles. The van der Waals surface area contributed by atoms with E-state index in [4.69, 9.17) is 11.6 Å². The van der Waals surface area contributed by atoms with Gasteiger partial charge in [0.05, 0.1) is 13.3 Å². The summed E-state index contributed by atoms with van der Waals surface area (Å²) in [5.74, 6) is -1.22. The van der Waals surface area contributed by atoms with E-state index < -0.39 is 21.4 Å². The van der Waals surface area contributed by atoms with Gasteiger partial charge in [-0.15, -0.1) is 11.3 Å². The Kier molecular flexibility index (Phi) is 5.65. The average molecular weight is 473 g/mol. The summed E-state index contributed by atoms with van der Waals surface area (Å²) in [7, 11) is -3.58. The van der Waals surface area contributed by atoms with E-state index in [-0.39, 0.29) is 5.75 Å². The Bertz CT molecular complexity index is 784. The molecule has 0 radical (unpaired) electrons. The Morgan fingerprint density at radius 1 is 1.24 bits per heavy atom. The van der Waals surface area contributed by atoms with Gasteiger partial charge >= 0.3 is 0 Å². The van der Waals surface area contributed by atoms with Gasteiger partial charge in [0.1, 0.15) is 5.75 Å². The SMILES string of the molecule is O=C(CS(=O)(=O)Cc1ccccc1Cl)c1cc(Br)sc1Br. The van der Waals surface area contributed by atoms with Crippen LogP contribution in [0.1, 0.15) is 15.9 Å². The highest BCUT2D eigenvalue weighted by atomic mass is 79.9. The Labute approximate surface area is 148 Å². The summed E-state index contributed by atoms with van der Waals surface area (Å²) >= 11 is 13.8. The predicted octanol–water partition coefficient (Wildman–Crippen LogP) is 4.72. The first-order valence-electron chi connectivity index (χ1n) is 5.70. The fourth-order valence-corrected chi connectivity index (χ4v) is 6.23. The number of hydrogen-bond donors (Lipinski definition) is 0. The molecule has 0 bridgehead atoms. The molecule has 0 saturated heterocycles. The first-order chi connectivity index (χ1) is 9.78. The molecule has 0 aliphatic rings. The van der Waals surface area contributed by atoms with Crippen LogP contribution in [0.3, 0.4) is 0 Å². The van der Waals surface area contributed by atoms with Crippen LogP contribution in [0.2, 0.25) is 5.02 Å². The number of sulfone groups is 1. The first kappa shape index (κ1) is 17.1. The molecule has 112 valence electrons. The van der Waals surface area contributed by atoms with Gasteiger partial charge < -0.3 is 0 Å². The lowest BCUT2D eigenvalue weighted by Crippen LogP contribution is -2.18. The quantitative estimate of drug-likeness (QED) is 0.592. The molecule has 2 aromatic rings. The molecule has 8 heteroatoms. The fraction of sp³-hybridized carbons (Fsp3) is 0.154. The molecule has 1 aromatic carbocycles. The maximum Gasteiger partial charge on any atom is 0.179 e. The number of halogens is 3. The minimum Gasteiger partial charge on any atom is -0.293 e. The predicted molar refractivity (Wildman–Crippen MR) is 93.0 cm³/mol. The van der Waals surface area contributed by atoms with Crippen molar-refractivity contribution in [3.8, 4) is 0 Å². The number of rotatable bonds is 5. The molecule has 0 aliphatic heterocycles. The van der Waals surface area contributed by atoms with Crippen LogP contribution in [0.15, 0.2) is 37.9 Å². The number of hydrogen-bond acceptors (Lipinski definition) is 4. The van der Waals surface area contributed by atoms with Gasteiger partial charge in [-0.2, -0.15) is 0 Å². The lowest BCUT2D eigenvalue weighted by Gasteiger charge is -2.05. The van der Waals surface area contributed by atoms with Gasteiger partial charge in [0.15, 0.2) is 15.6 Å². The fourth-order valence-electron chi connectivity index (χ4n) is 1.71. The van der Waals surface area contributed by atoms with Gasteiger partial charge in [0, 0.05) is 10.6 Å². The van der Waals surface area contributed by atoms with Gasteiger partial charge in [-0.05, 0) is 49.6 Å². The van der Waals surface area contributed by atoms with Crippen molar-refractivity contribution in [2.45, 2.75) is 5.75 Å². The highest BCUT2D eigenvalue weighted by Gasteiger charge is 2.22. The van der Waals surface area contributed by atoms with Crippen molar-refractivity contribution < 1.29 is 13.2 Å². The zero-order valence-corrected chi connectivity index (χ0v) is 16.0. The van der Waals surface area contributed by atoms with Crippen molar-refractivity contribution in [1.82, 2.24) is 0 Å². The molecule has 3 nitrogen and oxygen atoms in total. The Morgan fingerprint density at radius 2 is 1.90 bits per heavy atom. The normalized spacial score (nSPS) is 11.6. The van der Waals surface area contributed by atoms with E-state index in [9.17, 15) is 13.2 Å². The standard InChI is InChI=1S/C13H9Br2ClO3S2/c14-12-5-9(13(15)20-12)11(17)7-21(18,19)6-8-3-1-2-4-10(8)16/h1-5H,6-7H2. The van der Waals surface area contributed by atoms with Crippen LogP contribution >= 0.6 is 54.8 Å². The Balaban J connectivity index is 2.16. The minimum absolute atomic E-state index is 0.249. The summed E-state index contributed by atoms with van der Waals surface area (Å²) in [6.07, 6.45) is 0. The molecule has 0 unspecified atom stereocenters. The van der Waals surface area contributed by atoms with Crippen LogP contribution in [0.4, 0.5) is 0 Å². The molecule has 0 amide bonds. The summed E-state index contributed by atoms with van der Waals surface area (Å²) in [6.45, 7) is 0. The third-order valence-corrected chi connectivity index (χ3v) is 6.80. The second kappa shape index (κ2) is 6.91.